The van der Waals surface area contributed by atoms with Crippen LogP contribution in [0.1, 0.15) is 57.8 Å². The van der Waals surface area contributed by atoms with E-state index in [1.807, 2.05) is 0 Å². The minimum Gasteiger partial charge on any atom is -0.326 e. The molecular weight excluding hydrogens is 228 g/mol. The third-order valence-corrected chi connectivity index (χ3v) is 4.81. The van der Waals surface area contributed by atoms with Crippen molar-refractivity contribution in [3.8, 4) is 0 Å². The lowest BCUT2D eigenvalue weighted by Gasteiger charge is -2.26. The van der Waals surface area contributed by atoms with E-state index in [1.54, 1.807) is 0 Å². The summed E-state index contributed by atoms with van der Waals surface area (Å²) in [5.41, 5.74) is 0. The SMILES string of the molecule is O=C1NC(C2CCCCC2)C(=O)N1C1CCCC1. The number of hydrogen-bond acceptors (Lipinski definition) is 2. The predicted molar refractivity (Wildman–Crippen MR) is 68.0 cm³/mol. The summed E-state index contributed by atoms with van der Waals surface area (Å²) in [6.45, 7) is 0. The Morgan fingerprint density at radius 3 is 2.17 bits per heavy atom. The van der Waals surface area contributed by atoms with Crippen molar-refractivity contribution >= 4 is 11.9 Å². The summed E-state index contributed by atoms with van der Waals surface area (Å²) in [5.74, 6) is 0.431. The summed E-state index contributed by atoms with van der Waals surface area (Å²) in [5, 5.41) is 2.94. The van der Waals surface area contributed by atoms with E-state index < -0.39 is 0 Å². The maximum absolute atomic E-state index is 12.4. The number of rotatable bonds is 2. The topological polar surface area (TPSA) is 49.4 Å². The molecular formula is C14H22N2O2. The van der Waals surface area contributed by atoms with E-state index in [9.17, 15) is 9.59 Å². The van der Waals surface area contributed by atoms with E-state index in [-0.39, 0.29) is 24.0 Å². The van der Waals surface area contributed by atoms with Crippen molar-refractivity contribution in [1.29, 1.82) is 0 Å². The number of carbonyl (C=O) groups excluding carboxylic acids is 2. The molecule has 2 saturated carbocycles. The Morgan fingerprint density at radius 2 is 1.50 bits per heavy atom. The Balaban J connectivity index is 1.71. The van der Waals surface area contributed by atoms with Crippen molar-refractivity contribution in [2.75, 3.05) is 0 Å². The second-order valence-electron chi connectivity index (χ2n) is 5.97. The van der Waals surface area contributed by atoms with E-state index in [4.69, 9.17) is 0 Å². The van der Waals surface area contributed by atoms with Crippen LogP contribution in [0.5, 0.6) is 0 Å². The van der Waals surface area contributed by atoms with E-state index in [2.05, 4.69) is 5.32 Å². The molecule has 1 saturated heterocycles. The highest BCUT2D eigenvalue weighted by molar-refractivity contribution is 6.04. The Morgan fingerprint density at radius 1 is 0.889 bits per heavy atom. The summed E-state index contributed by atoms with van der Waals surface area (Å²) in [6.07, 6.45) is 10.2. The number of hydrogen-bond donors (Lipinski definition) is 1. The summed E-state index contributed by atoms with van der Waals surface area (Å²) >= 11 is 0. The van der Waals surface area contributed by atoms with E-state index >= 15 is 0 Å². The van der Waals surface area contributed by atoms with Gasteiger partial charge in [0.1, 0.15) is 6.04 Å². The number of imide groups is 1. The van der Waals surface area contributed by atoms with Crippen LogP contribution in [0.2, 0.25) is 0 Å². The Bertz CT molecular complexity index is 344. The van der Waals surface area contributed by atoms with Crippen LogP contribution in [0.25, 0.3) is 0 Å². The first kappa shape index (κ1) is 12.0. The zero-order valence-corrected chi connectivity index (χ0v) is 10.9. The third-order valence-electron chi connectivity index (χ3n) is 4.81. The zero-order valence-electron chi connectivity index (χ0n) is 10.9. The standard InChI is InChI=1S/C14H22N2O2/c17-13-12(10-6-2-1-3-7-10)15-14(18)16(13)11-8-4-5-9-11/h10-12H,1-9H2,(H,15,18). The maximum Gasteiger partial charge on any atom is 0.325 e. The van der Waals surface area contributed by atoms with Gasteiger partial charge in [-0.05, 0) is 31.6 Å². The average Bonchev–Trinajstić information content (AvgIpc) is 2.99. The van der Waals surface area contributed by atoms with Crippen molar-refractivity contribution in [1.82, 2.24) is 10.2 Å². The molecule has 4 nitrogen and oxygen atoms in total. The van der Waals surface area contributed by atoms with Crippen LogP contribution in [0.4, 0.5) is 4.79 Å². The second-order valence-corrected chi connectivity index (χ2v) is 5.97. The molecule has 2 aliphatic carbocycles. The van der Waals surface area contributed by atoms with Crippen LogP contribution < -0.4 is 5.32 Å². The average molecular weight is 250 g/mol. The fourth-order valence-electron chi connectivity index (χ4n) is 3.81. The van der Waals surface area contributed by atoms with Crippen molar-refractivity contribution in [3.05, 3.63) is 0 Å². The normalized spacial score (nSPS) is 31.1. The van der Waals surface area contributed by atoms with Gasteiger partial charge in [-0.3, -0.25) is 9.69 Å². The summed E-state index contributed by atoms with van der Waals surface area (Å²) < 4.78 is 0. The van der Waals surface area contributed by atoms with Crippen LogP contribution in [0.3, 0.4) is 0 Å². The Kier molecular flexibility index (Phi) is 3.27. The van der Waals surface area contributed by atoms with Crippen LogP contribution in [0.15, 0.2) is 0 Å². The molecule has 0 aromatic rings. The first-order chi connectivity index (χ1) is 8.77. The largest absolute Gasteiger partial charge is 0.326 e. The summed E-state index contributed by atoms with van der Waals surface area (Å²) in [7, 11) is 0. The zero-order chi connectivity index (χ0) is 12.5. The minimum atomic E-state index is -0.224. The molecule has 3 amide bonds. The Hall–Kier alpha value is -1.06. The van der Waals surface area contributed by atoms with Crippen molar-refractivity contribution in [2.24, 2.45) is 5.92 Å². The molecule has 0 radical (unpaired) electrons. The fraction of sp³-hybridized carbons (Fsp3) is 0.857. The van der Waals surface area contributed by atoms with Crippen LogP contribution in [0, 0.1) is 5.92 Å². The molecule has 1 atom stereocenters. The molecule has 100 valence electrons. The van der Waals surface area contributed by atoms with Gasteiger partial charge in [0.15, 0.2) is 0 Å². The van der Waals surface area contributed by atoms with Crippen molar-refractivity contribution in [2.45, 2.75) is 69.9 Å². The van der Waals surface area contributed by atoms with Gasteiger partial charge in [0.25, 0.3) is 5.91 Å². The number of nitrogens with one attached hydrogen (secondary N) is 1. The van der Waals surface area contributed by atoms with Gasteiger partial charge in [0.2, 0.25) is 0 Å². The first-order valence-corrected chi connectivity index (χ1v) is 7.41. The molecule has 1 heterocycles. The number of amides is 3. The van der Waals surface area contributed by atoms with Crippen LogP contribution in [-0.4, -0.2) is 28.9 Å². The quantitative estimate of drug-likeness (QED) is 0.765. The molecule has 0 aromatic carbocycles. The van der Waals surface area contributed by atoms with Gasteiger partial charge in [-0.2, -0.15) is 0 Å². The monoisotopic (exact) mass is 250 g/mol. The van der Waals surface area contributed by atoms with Crippen molar-refractivity contribution in [3.63, 3.8) is 0 Å². The number of nitrogens with zero attached hydrogens (tertiary/aromatic N) is 1. The highest BCUT2D eigenvalue weighted by Crippen LogP contribution is 2.32. The van der Waals surface area contributed by atoms with Gasteiger partial charge >= 0.3 is 6.03 Å². The van der Waals surface area contributed by atoms with E-state index in [0.717, 1.165) is 38.5 Å². The van der Waals surface area contributed by atoms with E-state index in [0.29, 0.717) is 5.92 Å². The van der Waals surface area contributed by atoms with Gasteiger partial charge in [0, 0.05) is 6.04 Å². The summed E-state index contributed by atoms with van der Waals surface area (Å²) in [6, 6.07) is -0.188. The molecule has 0 bridgehead atoms. The molecule has 0 aromatic heterocycles. The van der Waals surface area contributed by atoms with Gasteiger partial charge in [0.05, 0.1) is 0 Å². The molecule has 3 fully saturated rings. The third kappa shape index (κ3) is 2.02. The smallest absolute Gasteiger partial charge is 0.325 e. The summed E-state index contributed by atoms with van der Waals surface area (Å²) in [4.78, 5) is 26.0. The molecule has 4 heteroatoms. The maximum atomic E-state index is 12.4. The molecule has 3 rings (SSSR count). The number of urea groups is 1. The molecule has 3 aliphatic rings. The van der Waals surface area contributed by atoms with Gasteiger partial charge in [-0.1, -0.05) is 32.1 Å². The second kappa shape index (κ2) is 4.90. The molecule has 18 heavy (non-hydrogen) atoms. The highest BCUT2D eigenvalue weighted by atomic mass is 16.2. The van der Waals surface area contributed by atoms with E-state index in [1.165, 1.54) is 24.2 Å². The first-order valence-electron chi connectivity index (χ1n) is 7.41. The van der Waals surface area contributed by atoms with Crippen LogP contribution >= 0.6 is 0 Å². The molecule has 1 unspecified atom stereocenters. The Labute approximate surface area is 108 Å². The van der Waals surface area contributed by atoms with Gasteiger partial charge in [-0.15, -0.1) is 0 Å². The van der Waals surface area contributed by atoms with Gasteiger partial charge in [-0.25, -0.2) is 4.79 Å². The van der Waals surface area contributed by atoms with Crippen LogP contribution in [-0.2, 0) is 4.79 Å². The fourth-order valence-corrected chi connectivity index (χ4v) is 3.81. The predicted octanol–water partition coefficient (Wildman–Crippen LogP) is 2.43. The highest BCUT2D eigenvalue weighted by Gasteiger charge is 2.45. The van der Waals surface area contributed by atoms with Crippen molar-refractivity contribution < 1.29 is 9.59 Å². The number of carbonyl (C=O) groups is 2. The lowest BCUT2D eigenvalue weighted by Crippen LogP contribution is -2.41. The molecule has 1 N–H and O–H groups in total. The van der Waals surface area contributed by atoms with Gasteiger partial charge < -0.3 is 5.32 Å². The minimum absolute atomic E-state index is 0.0544. The molecule has 1 aliphatic heterocycles. The molecule has 0 spiro atoms. The lowest BCUT2D eigenvalue weighted by atomic mass is 9.84. The lowest BCUT2D eigenvalue weighted by molar-refractivity contribution is -0.130.